The van der Waals surface area contributed by atoms with E-state index >= 15 is 0 Å². The Bertz CT molecular complexity index is 601. The maximum absolute atomic E-state index is 12.3. The number of amides is 1. The molecule has 0 bridgehead atoms. The SMILES string of the molecule is CNC(=O)C(C)CN(C)S(=O)(=O)c1ccc(O)c(N)c1. The van der Waals surface area contributed by atoms with Gasteiger partial charge in [-0.3, -0.25) is 4.79 Å². The predicted octanol–water partition coefficient (Wildman–Crippen LogP) is -0.0230. The van der Waals surface area contributed by atoms with Crippen LogP contribution in [0.4, 0.5) is 5.69 Å². The third-order valence-electron chi connectivity index (χ3n) is 2.93. The fourth-order valence-corrected chi connectivity index (χ4v) is 2.98. The largest absolute Gasteiger partial charge is 0.506 e. The number of anilines is 1. The topological polar surface area (TPSA) is 113 Å². The number of nitrogens with zero attached hydrogens (tertiary/aromatic N) is 1. The second kappa shape index (κ2) is 6.10. The second-order valence-corrected chi connectivity index (χ2v) is 6.57. The van der Waals surface area contributed by atoms with Gasteiger partial charge in [0.05, 0.1) is 10.6 Å². The molecule has 8 heteroatoms. The van der Waals surface area contributed by atoms with Gasteiger partial charge in [0, 0.05) is 26.6 Å². The van der Waals surface area contributed by atoms with Gasteiger partial charge in [0.25, 0.3) is 0 Å². The van der Waals surface area contributed by atoms with Crippen molar-refractivity contribution in [3.05, 3.63) is 18.2 Å². The first-order chi connectivity index (χ1) is 9.20. The lowest BCUT2D eigenvalue weighted by Gasteiger charge is -2.20. The summed E-state index contributed by atoms with van der Waals surface area (Å²) in [6.07, 6.45) is 0. The number of carbonyl (C=O) groups excluding carboxylic acids is 1. The molecule has 1 amide bonds. The zero-order valence-electron chi connectivity index (χ0n) is 11.6. The summed E-state index contributed by atoms with van der Waals surface area (Å²) in [6.45, 7) is 1.68. The number of hydrogen-bond donors (Lipinski definition) is 3. The highest BCUT2D eigenvalue weighted by atomic mass is 32.2. The number of aromatic hydroxyl groups is 1. The number of rotatable bonds is 5. The van der Waals surface area contributed by atoms with Gasteiger partial charge < -0.3 is 16.2 Å². The van der Waals surface area contributed by atoms with Crippen molar-refractivity contribution in [1.82, 2.24) is 9.62 Å². The van der Waals surface area contributed by atoms with Crippen LogP contribution in [-0.4, -0.2) is 44.4 Å². The number of nitrogens with one attached hydrogen (secondary N) is 1. The number of phenols is 1. The van der Waals surface area contributed by atoms with E-state index in [1.165, 1.54) is 32.3 Å². The van der Waals surface area contributed by atoms with Gasteiger partial charge in [0.1, 0.15) is 5.75 Å². The van der Waals surface area contributed by atoms with Crippen LogP contribution in [0.25, 0.3) is 0 Å². The molecule has 1 aromatic rings. The van der Waals surface area contributed by atoms with Crippen molar-refractivity contribution in [3.63, 3.8) is 0 Å². The molecule has 0 aliphatic rings. The van der Waals surface area contributed by atoms with Crippen LogP contribution in [0.15, 0.2) is 23.1 Å². The predicted molar refractivity (Wildman–Crippen MR) is 75.6 cm³/mol. The van der Waals surface area contributed by atoms with Crippen molar-refractivity contribution in [2.45, 2.75) is 11.8 Å². The van der Waals surface area contributed by atoms with Crippen LogP contribution in [0.3, 0.4) is 0 Å². The van der Waals surface area contributed by atoms with Gasteiger partial charge in [-0.05, 0) is 18.2 Å². The van der Waals surface area contributed by atoms with Gasteiger partial charge in [-0.1, -0.05) is 6.92 Å². The molecule has 1 aromatic carbocycles. The lowest BCUT2D eigenvalue weighted by Crippen LogP contribution is -2.37. The number of hydrogen-bond acceptors (Lipinski definition) is 5. The Morgan fingerprint density at radius 1 is 1.50 bits per heavy atom. The summed E-state index contributed by atoms with van der Waals surface area (Å²) in [5.41, 5.74) is 5.48. The Morgan fingerprint density at radius 3 is 2.60 bits per heavy atom. The normalized spacial score (nSPS) is 13.2. The highest BCUT2D eigenvalue weighted by molar-refractivity contribution is 7.89. The van der Waals surface area contributed by atoms with Crippen molar-refractivity contribution in [2.24, 2.45) is 5.92 Å². The van der Waals surface area contributed by atoms with Crippen molar-refractivity contribution >= 4 is 21.6 Å². The fraction of sp³-hybridized carbons (Fsp3) is 0.417. The van der Waals surface area contributed by atoms with Crippen LogP contribution in [0, 0.1) is 5.92 Å². The van der Waals surface area contributed by atoms with Gasteiger partial charge in [0.2, 0.25) is 15.9 Å². The van der Waals surface area contributed by atoms with Gasteiger partial charge >= 0.3 is 0 Å². The van der Waals surface area contributed by atoms with E-state index in [4.69, 9.17) is 5.73 Å². The minimum absolute atomic E-state index is 0.0150. The van der Waals surface area contributed by atoms with E-state index < -0.39 is 15.9 Å². The molecule has 0 spiro atoms. The minimum atomic E-state index is -3.75. The molecule has 0 radical (unpaired) electrons. The molecule has 4 N–H and O–H groups in total. The van der Waals surface area contributed by atoms with Crippen molar-refractivity contribution in [1.29, 1.82) is 0 Å². The first kappa shape index (κ1) is 16.3. The summed E-state index contributed by atoms with van der Waals surface area (Å²) in [4.78, 5) is 11.4. The molecule has 0 heterocycles. The Balaban J connectivity index is 2.98. The maximum Gasteiger partial charge on any atom is 0.242 e. The molecule has 1 atom stereocenters. The van der Waals surface area contributed by atoms with E-state index in [0.29, 0.717) is 0 Å². The molecular weight excluding hydrogens is 282 g/mol. The van der Waals surface area contributed by atoms with Crippen molar-refractivity contribution in [3.8, 4) is 5.75 Å². The molecule has 1 unspecified atom stereocenters. The molecule has 0 aliphatic carbocycles. The summed E-state index contributed by atoms with van der Waals surface area (Å²) >= 11 is 0. The monoisotopic (exact) mass is 301 g/mol. The Labute approximate surface area is 118 Å². The van der Waals surface area contributed by atoms with E-state index in [-0.39, 0.29) is 28.8 Å². The molecule has 0 aromatic heterocycles. The van der Waals surface area contributed by atoms with Crippen LogP contribution in [0.2, 0.25) is 0 Å². The van der Waals surface area contributed by atoms with Crippen LogP contribution < -0.4 is 11.1 Å². The van der Waals surface area contributed by atoms with Crippen LogP contribution in [0.5, 0.6) is 5.75 Å². The number of carbonyl (C=O) groups is 1. The lowest BCUT2D eigenvalue weighted by atomic mass is 10.2. The van der Waals surface area contributed by atoms with E-state index in [0.717, 1.165) is 4.31 Å². The average molecular weight is 301 g/mol. The summed E-state index contributed by atoms with van der Waals surface area (Å²) in [5.74, 6) is -0.892. The van der Waals surface area contributed by atoms with Crippen molar-refractivity contribution in [2.75, 3.05) is 26.4 Å². The smallest absolute Gasteiger partial charge is 0.242 e. The second-order valence-electron chi connectivity index (χ2n) is 4.52. The standard InChI is InChI=1S/C12H19N3O4S/c1-8(12(17)14-2)7-15(3)20(18,19)9-4-5-11(16)10(13)6-9/h4-6,8,16H,7,13H2,1-3H3,(H,14,17). The number of nitrogen functional groups attached to an aromatic ring is 1. The van der Waals surface area contributed by atoms with E-state index in [1.807, 2.05) is 0 Å². The third-order valence-corrected chi connectivity index (χ3v) is 4.75. The number of sulfonamides is 1. The molecule has 0 fully saturated rings. The highest BCUT2D eigenvalue weighted by Gasteiger charge is 2.25. The van der Waals surface area contributed by atoms with Crippen LogP contribution in [-0.2, 0) is 14.8 Å². The molecule has 20 heavy (non-hydrogen) atoms. The summed E-state index contributed by atoms with van der Waals surface area (Å²) in [6, 6.07) is 3.67. The lowest BCUT2D eigenvalue weighted by molar-refractivity contribution is -0.124. The maximum atomic E-state index is 12.3. The van der Waals surface area contributed by atoms with E-state index in [2.05, 4.69) is 5.32 Å². The Kier molecular flexibility index (Phi) is 4.96. The Morgan fingerprint density at radius 2 is 2.10 bits per heavy atom. The fourth-order valence-electron chi connectivity index (χ4n) is 1.69. The van der Waals surface area contributed by atoms with Gasteiger partial charge in [0.15, 0.2) is 0 Å². The zero-order valence-corrected chi connectivity index (χ0v) is 12.4. The Hall–Kier alpha value is -1.80. The van der Waals surface area contributed by atoms with Crippen LogP contribution >= 0.6 is 0 Å². The molecule has 1 rings (SSSR count). The number of nitrogens with two attached hydrogens (primary N) is 1. The van der Waals surface area contributed by atoms with Crippen molar-refractivity contribution < 1.29 is 18.3 Å². The molecule has 0 saturated carbocycles. The summed E-state index contributed by atoms with van der Waals surface area (Å²) < 4.78 is 25.7. The zero-order chi connectivity index (χ0) is 15.5. The summed E-state index contributed by atoms with van der Waals surface area (Å²) in [5, 5.41) is 11.8. The summed E-state index contributed by atoms with van der Waals surface area (Å²) in [7, 11) is -0.872. The molecule has 0 aliphatic heterocycles. The van der Waals surface area contributed by atoms with Gasteiger partial charge in [-0.2, -0.15) is 0 Å². The quantitative estimate of drug-likeness (QED) is 0.522. The molecule has 7 nitrogen and oxygen atoms in total. The van der Waals surface area contributed by atoms with Gasteiger partial charge in [-0.15, -0.1) is 0 Å². The first-order valence-electron chi connectivity index (χ1n) is 5.96. The highest BCUT2D eigenvalue weighted by Crippen LogP contribution is 2.25. The third kappa shape index (κ3) is 3.40. The average Bonchev–Trinajstić information content (AvgIpc) is 2.40. The molecule has 0 saturated heterocycles. The first-order valence-corrected chi connectivity index (χ1v) is 7.40. The van der Waals surface area contributed by atoms with E-state index in [1.54, 1.807) is 6.92 Å². The van der Waals surface area contributed by atoms with Gasteiger partial charge in [-0.25, -0.2) is 12.7 Å². The number of benzene rings is 1. The number of phenolic OH excluding ortho intramolecular Hbond substituents is 1. The minimum Gasteiger partial charge on any atom is -0.506 e. The van der Waals surface area contributed by atoms with Crippen LogP contribution in [0.1, 0.15) is 6.92 Å². The molecular formula is C12H19N3O4S. The van der Waals surface area contributed by atoms with E-state index in [9.17, 15) is 18.3 Å². The molecule has 112 valence electrons.